The van der Waals surface area contributed by atoms with Crippen molar-refractivity contribution in [1.29, 1.82) is 0 Å². The van der Waals surface area contributed by atoms with Gasteiger partial charge in [-0.2, -0.15) is 5.10 Å². The van der Waals surface area contributed by atoms with Crippen LogP contribution in [-0.2, 0) is 0 Å². The maximum Gasteiger partial charge on any atom is 0.271 e. The minimum atomic E-state index is -0.304. The molecule has 33 heavy (non-hydrogen) atoms. The predicted octanol–water partition coefficient (Wildman–Crippen LogP) is 4.71. The van der Waals surface area contributed by atoms with Crippen LogP contribution in [0.2, 0.25) is 0 Å². The smallest absolute Gasteiger partial charge is 0.271 e. The molecular formula is C26H29N3O4. The SMILES string of the molecule is CCOc1cc(/C=N\NC(=O)c2ccncc2)ccc1OCCCOc1cccc(C)c1C. The molecule has 0 aliphatic heterocycles. The number of hydrogen-bond acceptors (Lipinski definition) is 6. The minimum Gasteiger partial charge on any atom is -0.493 e. The average molecular weight is 448 g/mol. The number of carbonyl (C=O) groups excluding carboxylic acids is 1. The maximum atomic E-state index is 12.0. The van der Waals surface area contributed by atoms with E-state index in [1.165, 1.54) is 5.56 Å². The van der Waals surface area contributed by atoms with E-state index >= 15 is 0 Å². The molecule has 172 valence electrons. The molecule has 2 aromatic carbocycles. The van der Waals surface area contributed by atoms with Crippen LogP contribution >= 0.6 is 0 Å². The summed E-state index contributed by atoms with van der Waals surface area (Å²) in [5.41, 5.74) is 6.14. The molecule has 1 amide bonds. The topological polar surface area (TPSA) is 82.0 Å². The third kappa shape index (κ3) is 7.07. The van der Waals surface area contributed by atoms with Gasteiger partial charge < -0.3 is 14.2 Å². The Morgan fingerprint density at radius 2 is 1.73 bits per heavy atom. The summed E-state index contributed by atoms with van der Waals surface area (Å²) in [6.45, 7) is 7.62. The zero-order valence-electron chi connectivity index (χ0n) is 19.2. The number of hydrogen-bond donors (Lipinski definition) is 1. The van der Waals surface area contributed by atoms with Crippen LogP contribution in [0.15, 0.2) is 66.0 Å². The van der Waals surface area contributed by atoms with Crippen molar-refractivity contribution < 1.29 is 19.0 Å². The quantitative estimate of drug-likeness (QED) is 0.262. The molecular weight excluding hydrogens is 418 g/mol. The van der Waals surface area contributed by atoms with E-state index in [1.54, 1.807) is 30.7 Å². The Bertz CT molecular complexity index is 1080. The molecule has 0 radical (unpaired) electrons. The Kier molecular flexibility index (Phi) is 8.82. The standard InChI is InChI=1S/C26H29N3O4/c1-4-31-25-17-21(18-28-29-26(30)22-11-13-27-14-12-22)9-10-24(25)33-16-6-15-32-23-8-5-7-19(2)20(23)3/h5,7-14,17-18H,4,6,15-16H2,1-3H3,(H,29,30)/b28-18-. The van der Waals surface area contributed by atoms with Gasteiger partial charge in [0.05, 0.1) is 26.0 Å². The van der Waals surface area contributed by atoms with Gasteiger partial charge in [-0.05, 0) is 73.9 Å². The Hall–Kier alpha value is -3.87. The van der Waals surface area contributed by atoms with Crippen LogP contribution in [0.25, 0.3) is 0 Å². The van der Waals surface area contributed by atoms with Crippen LogP contribution in [0.4, 0.5) is 0 Å². The van der Waals surface area contributed by atoms with Gasteiger partial charge in [-0.1, -0.05) is 12.1 Å². The number of aromatic nitrogens is 1. The number of ether oxygens (including phenoxy) is 3. The number of nitrogens with one attached hydrogen (secondary N) is 1. The fraction of sp³-hybridized carbons (Fsp3) is 0.269. The monoisotopic (exact) mass is 447 g/mol. The van der Waals surface area contributed by atoms with E-state index in [0.717, 1.165) is 23.3 Å². The van der Waals surface area contributed by atoms with Gasteiger partial charge in [0.1, 0.15) is 5.75 Å². The van der Waals surface area contributed by atoms with Gasteiger partial charge in [-0.3, -0.25) is 9.78 Å². The zero-order valence-corrected chi connectivity index (χ0v) is 19.2. The molecule has 7 nitrogen and oxygen atoms in total. The molecule has 0 aliphatic rings. The Labute approximate surface area is 194 Å². The number of hydrazone groups is 1. The summed E-state index contributed by atoms with van der Waals surface area (Å²) in [7, 11) is 0. The van der Waals surface area contributed by atoms with Crippen LogP contribution in [0.1, 0.15) is 40.4 Å². The number of rotatable bonds is 11. The lowest BCUT2D eigenvalue weighted by Gasteiger charge is -2.14. The molecule has 1 aromatic heterocycles. The fourth-order valence-corrected chi connectivity index (χ4v) is 3.03. The number of benzene rings is 2. The van der Waals surface area contributed by atoms with Crippen LogP contribution < -0.4 is 19.6 Å². The number of aryl methyl sites for hydroxylation is 1. The van der Waals surface area contributed by atoms with Crippen molar-refractivity contribution >= 4 is 12.1 Å². The number of amides is 1. The van der Waals surface area contributed by atoms with E-state index in [0.29, 0.717) is 36.9 Å². The van der Waals surface area contributed by atoms with Crippen molar-refractivity contribution in [3.63, 3.8) is 0 Å². The molecule has 0 atom stereocenters. The summed E-state index contributed by atoms with van der Waals surface area (Å²) < 4.78 is 17.5. The second-order valence-corrected chi connectivity index (χ2v) is 7.32. The third-order valence-electron chi connectivity index (χ3n) is 4.95. The first-order valence-electron chi connectivity index (χ1n) is 10.9. The van der Waals surface area contributed by atoms with Crippen molar-refractivity contribution in [3.8, 4) is 17.2 Å². The molecule has 3 rings (SSSR count). The van der Waals surface area contributed by atoms with Crippen molar-refractivity contribution in [3.05, 3.63) is 83.2 Å². The van der Waals surface area contributed by atoms with E-state index in [2.05, 4.69) is 35.4 Å². The molecule has 0 fully saturated rings. The summed E-state index contributed by atoms with van der Waals surface area (Å²) in [4.78, 5) is 15.9. The van der Waals surface area contributed by atoms with Gasteiger partial charge in [-0.25, -0.2) is 5.43 Å². The predicted molar refractivity (Wildman–Crippen MR) is 128 cm³/mol. The van der Waals surface area contributed by atoms with Crippen LogP contribution in [0, 0.1) is 13.8 Å². The highest BCUT2D eigenvalue weighted by molar-refractivity contribution is 5.94. The lowest BCUT2D eigenvalue weighted by molar-refractivity contribution is 0.0955. The van der Waals surface area contributed by atoms with Crippen molar-refractivity contribution in [2.45, 2.75) is 27.2 Å². The average Bonchev–Trinajstić information content (AvgIpc) is 2.83. The normalized spacial score (nSPS) is 10.8. The van der Waals surface area contributed by atoms with E-state index in [9.17, 15) is 4.79 Å². The van der Waals surface area contributed by atoms with E-state index in [1.807, 2.05) is 37.3 Å². The van der Waals surface area contributed by atoms with Gasteiger partial charge >= 0.3 is 0 Å². The van der Waals surface area contributed by atoms with E-state index < -0.39 is 0 Å². The van der Waals surface area contributed by atoms with Crippen molar-refractivity contribution in [2.24, 2.45) is 5.10 Å². The highest BCUT2D eigenvalue weighted by atomic mass is 16.5. The summed E-state index contributed by atoms with van der Waals surface area (Å²) in [5.74, 6) is 1.88. The third-order valence-corrected chi connectivity index (χ3v) is 4.95. The molecule has 0 saturated carbocycles. The Morgan fingerprint density at radius 1 is 0.970 bits per heavy atom. The molecule has 0 aliphatic carbocycles. The van der Waals surface area contributed by atoms with Gasteiger partial charge in [0.25, 0.3) is 5.91 Å². The van der Waals surface area contributed by atoms with Gasteiger partial charge in [0, 0.05) is 24.4 Å². The molecule has 1 N–H and O–H groups in total. The van der Waals surface area contributed by atoms with Crippen LogP contribution in [0.5, 0.6) is 17.2 Å². The van der Waals surface area contributed by atoms with Crippen LogP contribution in [-0.4, -0.2) is 36.9 Å². The molecule has 7 heteroatoms. The Morgan fingerprint density at radius 3 is 2.48 bits per heavy atom. The number of carbonyl (C=O) groups is 1. The molecule has 1 heterocycles. The molecule has 0 unspecified atom stereocenters. The fourth-order valence-electron chi connectivity index (χ4n) is 3.03. The summed E-state index contributed by atoms with van der Waals surface area (Å²) >= 11 is 0. The largest absolute Gasteiger partial charge is 0.493 e. The second kappa shape index (κ2) is 12.2. The number of pyridine rings is 1. The molecule has 0 saturated heterocycles. The van der Waals surface area contributed by atoms with Crippen molar-refractivity contribution in [1.82, 2.24) is 10.4 Å². The van der Waals surface area contributed by atoms with E-state index in [4.69, 9.17) is 14.2 Å². The molecule has 0 spiro atoms. The number of nitrogens with zero attached hydrogens (tertiary/aromatic N) is 2. The minimum absolute atomic E-state index is 0.304. The first-order chi connectivity index (χ1) is 16.1. The summed E-state index contributed by atoms with van der Waals surface area (Å²) in [6, 6.07) is 14.8. The second-order valence-electron chi connectivity index (χ2n) is 7.32. The molecule has 3 aromatic rings. The van der Waals surface area contributed by atoms with Gasteiger partial charge in [-0.15, -0.1) is 0 Å². The highest BCUT2D eigenvalue weighted by Gasteiger charge is 2.07. The zero-order chi connectivity index (χ0) is 23.5. The summed E-state index contributed by atoms with van der Waals surface area (Å²) in [6.07, 6.45) is 5.41. The first kappa shape index (κ1) is 23.8. The van der Waals surface area contributed by atoms with Crippen LogP contribution in [0.3, 0.4) is 0 Å². The van der Waals surface area contributed by atoms with Gasteiger partial charge in [0.15, 0.2) is 11.5 Å². The first-order valence-corrected chi connectivity index (χ1v) is 10.9. The highest BCUT2D eigenvalue weighted by Crippen LogP contribution is 2.28. The lowest BCUT2D eigenvalue weighted by atomic mass is 10.1. The maximum absolute atomic E-state index is 12.0. The lowest BCUT2D eigenvalue weighted by Crippen LogP contribution is -2.17. The Balaban J connectivity index is 1.51. The summed E-state index contributed by atoms with van der Waals surface area (Å²) in [5, 5.41) is 4.02. The van der Waals surface area contributed by atoms with E-state index in [-0.39, 0.29) is 5.91 Å². The molecule has 0 bridgehead atoms. The van der Waals surface area contributed by atoms with Gasteiger partial charge in [0.2, 0.25) is 0 Å². The van der Waals surface area contributed by atoms with Crippen molar-refractivity contribution in [2.75, 3.05) is 19.8 Å².